The molecule has 154 valence electrons. The van der Waals surface area contributed by atoms with Crippen LogP contribution in [0.1, 0.15) is 43.4 Å². The molecule has 29 heavy (non-hydrogen) atoms. The lowest BCUT2D eigenvalue weighted by atomic mass is 9.99. The van der Waals surface area contributed by atoms with Gasteiger partial charge in [0.1, 0.15) is 17.3 Å². The Morgan fingerprint density at radius 2 is 2.14 bits per heavy atom. The first-order valence-corrected chi connectivity index (χ1v) is 10.4. The van der Waals surface area contributed by atoms with Crippen LogP contribution < -0.4 is 9.64 Å². The molecule has 1 fully saturated rings. The molecule has 2 aromatic rings. The van der Waals surface area contributed by atoms with Crippen molar-refractivity contribution in [3.63, 3.8) is 0 Å². The predicted molar refractivity (Wildman–Crippen MR) is 110 cm³/mol. The zero-order chi connectivity index (χ0) is 20.4. The molecule has 0 aliphatic heterocycles. The van der Waals surface area contributed by atoms with Crippen molar-refractivity contribution in [2.45, 2.75) is 51.0 Å². The van der Waals surface area contributed by atoms with Crippen molar-refractivity contribution in [3.05, 3.63) is 29.6 Å². The first kappa shape index (κ1) is 19.8. The zero-order valence-electron chi connectivity index (χ0n) is 17.1. The van der Waals surface area contributed by atoms with Crippen molar-refractivity contribution in [1.29, 1.82) is 0 Å². The van der Waals surface area contributed by atoms with Crippen molar-refractivity contribution in [1.82, 2.24) is 15.0 Å². The summed E-state index contributed by atoms with van der Waals surface area (Å²) in [5.74, 6) is 2.32. The number of pyridine rings is 1. The lowest BCUT2D eigenvalue weighted by Gasteiger charge is -2.22. The largest absolute Gasteiger partial charge is 0.497 e. The van der Waals surface area contributed by atoms with Crippen LogP contribution in [0.15, 0.2) is 18.3 Å². The van der Waals surface area contributed by atoms with Crippen molar-refractivity contribution >= 4 is 11.6 Å². The number of methoxy groups -OCH3 is 1. The number of rotatable bonds is 7. The second kappa shape index (κ2) is 8.45. The van der Waals surface area contributed by atoms with E-state index in [1.165, 1.54) is 0 Å². The van der Waals surface area contributed by atoms with Gasteiger partial charge >= 0.3 is 0 Å². The number of anilines is 1. The molecule has 1 N–H and O–H groups in total. The second-order valence-corrected chi connectivity index (χ2v) is 8.09. The van der Waals surface area contributed by atoms with Gasteiger partial charge < -0.3 is 14.7 Å². The standard InChI is InChI=1S/C22H28N4O3/c1-26(13-15(27)11-14-5-3-8-20(14)28)22-17-6-4-7-18(17)24-21(25-22)19-12-16(29-2)9-10-23-19/h9-10,12,14,20,28H,3-8,11,13H2,1-2H3/t14-,20-/m1/s1. The quantitative estimate of drug-likeness (QED) is 0.769. The van der Waals surface area contributed by atoms with Crippen molar-refractivity contribution in [2.24, 2.45) is 5.92 Å². The van der Waals surface area contributed by atoms with E-state index in [2.05, 4.69) is 4.98 Å². The molecule has 0 radical (unpaired) electrons. The van der Waals surface area contributed by atoms with E-state index < -0.39 is 0 Å². The Balaban J connectivity index is 1.57. The highest BCUT2D eigenvalue weighted by atomic mass is 16.5. The van der Waals surface area contributed by atoms with Crippen LogP contribution in [0.4, 0.5) is 5.82 Å². The summed E-state index contributed by atoms with van der Waals surface area (Å²) in [4.78, 5) is 28.5. The number of likely N-dealkylation sites (N-methyl/N-ethyl adjacent to an activating group) is 1. The average Bonchev–Trinajstić information content (AvgIpc) is 3.36. The zero-order valence-corrected chi connectivity index (χ0v) is 17.1. The number of ether oxygens (including phenoxy) is 1. The van der Waals surface area contributed by atoms with E-state index in [1.807, 2.05) is 18.0 Å². The number of aromatic nitrogens is 3. The molecule has 0 saturated heterocycles. The topological polar surface area (TPSA) is 88.4 Å². The number of Topliss-reactive ketones (excluding diaryl/α,β-unsaturated/α-hetero) is 1. The van der Waals surface area contributed by atoms with Gasteiger partial charge in [0.05, 0.1) is 19.8 Å². The van der Waals surface area contributed by atoms with Crippen LogP contribution in [0.3, 0.4) is 0 Å². The number of hydrogen-bond acceptors (Lipinski definition) is 7. The molecule has 1 saturated carbocycles. The van der Waals surface area contributed by atoms with Crippen molar-refractivity contribution in [2.75, 3.05) is 25.6 Å². The van der Waals surface area contributed by atoms with Crippen LogP contribution in [0, 0.1) is 5.92 Å². The van der Waals surface area contributed by atoms with E-state index in [4.69, 9.17) is 14.7 Å². The molecule has 2 aliphatic carbocycles. The molecule has 7 nitrogen and oxygen atoms in total. The van der Waals surface area contributed by atoms with Crippen LogP contribution in [0.2, 0.25) is 0 Å². The minimum Gasteiger partial charge on any atom is -0.497 e. The van der Waals surface area contributed by atoms with Gasteiger partial charge in [0.2, 0.25) is 0 Å². The minimum atomic E-state index is -0.335. The molecule has 0 aromatic carbocycles. The number of carbonyl (C=O) groups is 1. The Morgan fingerprint density at radius 3 is 2.90 bits per heavy atom. The summed E-state index contributed by atoms with van der Waals surface area (Å²) in [7, 11) is 3.53. The van der Waals surface area contributed by atoms with Crippen LogP contribution >= 0.6 is 0 Å². The van der Waals surface area contributed by atoms with E-state index in [0.29, 0.717) is 23.7 Å². The number of ketones is 1. The normalized spacial score (nSPS) is 20.5. The maximum Gasteiger partial charge on any atom is 0.180 e. The number of fused-ring (bicyclic) bond motifs is 1. The van der Waals surface area contributed by atoms with E-state index in [1.54, 1.807) is 19.4 Å². The number of aliphatic hydroxyl groups excluding tert-OH is 1. The predicted octanol–water partition coefficient (Wildman–Crippen LogP) is 2.59. The maximum absolute atomic E-state index is 12.6. The molecule has 0 bridgehead atoms. The van der Waals surface area contributed by atoms with Crippen molar-refractivity contribution < 1.29 is 14.6 Å². The molecule has 2 atom stereocenters. The molecule has 2 aromatic heterocycles. The van der Waals surface area contributed by atoms with Gasteiger partial charge in [0.15, 0.2) is 11.6 Å². The van der Waals surface area contributed by atoms with Gasteiger partial charge in [0, 0.05) is 37.0 Å². The fourth-order valence-electron chi connectivity index (χ4n) is 4.46. The molecule has 2 heterocycles. The second-order valence-electron chi connectivity index (χ2n) is 8.09. The van der Waals surface area contributed by atoms with Gasteiger partial charge in [-0.3, -0.25) is 9.78 Å². The SMILES string of the molecule is COc1ccnc(-c2nc3c(c(N(C)CC(=O)C[C@H]4CCC[C@H]4O)n2)CCC3)c1. The van der Waals surface area contributed by atoms with Gasteiger partial charge in [-0.25, -0.2) is 9.97 Å². The van der Waals surface area contributed by atoms with Gasteiger partial charge in [-0.15, -0.1) is 0 Å². The monoisotopic (exact) mass is 396 g/mol. The van der Waals surface area contributed by atoms with E-state index in [9.17, 15) is 9.90 Å². The Hall–Kier alpha value is -2.54. The summed E-state index contributed by atoms with van der Waals surface area (Å²) < 4.78 is 5.30. The van der Waals surface area contributed by atoms with Gasteiger partial charge in [-0.2, -0.15) is 0 Å². The average molecular weight is 396 g/mol. The van der Waals surface area contributed by atoms with E-state index in [0.717, 1.165) is 55.6 Å². The van der Waals surface area contributed by atoms with Crippen molar-refractivity contribution in [3.8, 4) is 17.3 Å². The molecule has 2 aliphatic rings. The molecule has 0 spiro atoms. The lowest BCUT2D eigenvalue weighted by molar-refractivity contribution is -0.119. The third-order valence-electron chi connectivity index (χ3n) is 5.99. The summed E-state index contributed by atoms with van der Waals surface area (Å²) in [6, 6.07) is 3.62. The number of aryl methyl sites for hydroxylation is 1. The number of nitrogens with zero attached hydrogens (tertiary/aromatic N) is 4. The summed E-state index contributed by atoms with van der Waals surface area (Å²) in [6.07, 6.45) is 7.42. The summed E-state index contributed by atoms with van der Waals surface area (Å²) in [5, 5.41) is 10.0. The van der Waals surface area contributed by atoms with Crippen LogP contribution in [0.5, 0.6) is 5.75 Å². The smallest absolute Gasteiger partial charge is 0.180 e. The Kier molecular flexibility index (Phi) is 5.76. The number of hydrogen-bond donors (Lipinski definition) is 1. The first-order valence-electron chi connectivity index (χ1n) is 10.4. The number of aliphatic hydroxyl groups is 1. The summed E-state index contributed by atoms with van der Waals surface area (Å²) >= 11 is 0. The molecule has 0 amide bonds. The highest BCUT2D eigenvalue weighted by molar-refractivity contribution is 5.83. The Labute approximate surface area is 171 Å². The summed E-state index contributed by atoms with van der Waals surface area (Å²) in [5.41, 5.74) is 2.84. The lowest BCUT2D eigenvalue weighted by Crippen LogP contribution is -2.30. The van der Waals surface area contributed by atoms with Crippen LogP contribution in [-0.2, 0) is 17.6 Å². The highest BCUT2D eigenvalue weighted by Gasteiger charge is 2.28. The fraction of sp³-hybridized carbons (Fsp3) is 0.545. The molecule has 0 unspecified atom stereocenters. The van der Waals surface area contributed by atoms with E-state index >= 15 is 0 Å². The minimum absolute atomic E-state index is 0.101. The maximum atomic E-state index is 12.6. The van der Waals surface area contributed by atoms with Gasteiger partial charge in [-0.05, 0) is 44.1 Å². The van der Waals surface area contributed by atoms with E-state index in [-0.39, 0.29) is 24.3 Å². The summed E-state index contributed by atoms with van der Waals surface area (Å²) in [6.45, 7) is 0.289. The Bertz CT molecular complexity index is 902. The van der Waals surface area contributed by atoms with Crippen LogP contribution in [0.25, 0.3) is 11.5 Å². The Morgan fingerprint density at radius 1 is 1.28 bits per heavy atom. The number of carbonyl (C=O) groups excluding carboxylic acids is 1. The van der Waals surface area contributed by atoms with Crippen LogP contribution in [-0.4, -0.2) is 52.6 Å². The molecule has 4 rings (SSSR count). The molecule has 7 heteroatoms. The molecular weight excluding hydrogens is 368 g/mol. The third-order valence-corrected chi connectivity index (χ3v) is 5.99. The van der Waals surface area contributed by atoms with Gasteiger partial charge in [0.25, 0.3) is 0 Å². The fourth-order valence-corrected chi connectivity index (χ4v) is 4.46. The highest BCUT2D eigenvalue weighted by Crippen LogP contribution is 2.32. The van der Waals surface area contributed by atoms with Gasteiger partial charge in [-0.1, -0.05) is 6.42 Å². The third kappa shape index (κ3) is 4.24. The first-order chi connectivity index (χ1) is 14.0. The molecular formula is C22H28N4O3.